The summed E-state index contributed by atoms with van der Waals surface area (Å²) in [5.41, 5.74) is 0.0301. The number of carbonyl (C=O) groups is 3. The topological polar surface area (TPSA) is 125 Å². The Bertz CT molecular complexity index is 1160. The van der Waals surface area contributed by atoms with Gasteiger partial charge in [-0.05, 0) is 49.0 Å². The summed E-state index contributed by atoms with van der Waals surface area (Å²) in [5, 5.41) is 17.0. The van der Waals surface area contributed by atoms with Crippen LogP contribution in [-0.2, 0) is 16.6 Å². The highest BCUT2D eigenvalue weighted by Gasteiger charge is 2.48. The van der Waals surface area contributed by atoms with E-state index in [1.54, 1.807) is 24.1 Å². The number of aryl methyl sites for hydroxylation is 1. The van der Waals surface area contributed by atoms with Crippen molar-refractivity contribution in [1.82, 2.24) is 25.9 Å². The summed E-state index contributed by atoms with van der Waals surface area (Å²) < 4.78 is 29.0. The molecule has 0 spiro atoms. The molecule has 2 atom stereocenters. The Balaban J connectivity index is 2.17. The molecule has 1 heterocycles. The molecule has 33 heavy (non-hydrogen) atoms. The molecular weight excluding hydrogens is 436 g/mol. The number of benzene rings is 1. The van der Waals surface area contributed by atoms with E-state index >= 15 is 0 Å². The third-order valence-electron chi connectivity index (χ3n) is 4.47. The fraction of sp³-hybridized carbons (Fsp3) is 0.273. The van der Waals surface area contributed by atoms with Gasteiger partial charge in [-0.15, -0.1) is 0 Å². The predicted molar refractivity (Wildman–Crippen MR) is 113 cm³/mol. The van der Waals surface area contributed by atoms with Crippen LogP contribution in [0.25, 0.3) is 0 Å². The molecule has 2 aromatic rings. The average Bonchev–Trinajstić information content (AvgIpc) is 3.19. The summed E-state index contributed by atoms with van der Waals surface area (Å²) in [7, 11) is 1.76. The zero-order valence-electron chi connectivity index (χ0n) is 17.9. The first-order valence-electron chi connectivity index (χ1n) is 9.49. The van der Waals surface area contributed by atoms with E-state index in [2.05, 4.69) is 34.1 Å². The van der Waals surface area contributed by atoms with E-state index in [1.807, 2.05) is 5.32 Å². The zero-order valence-corrected chi connectivity index (χ0v) is 17.9. The van der Waals surface area contributed by atoms with Gasteiger partial charge in [0.05, 0.1) is 11.8 Å². The first-order chi connectivity index (χ1) is 15.6. The molecule has 172 valence electrons. The molecule has 1 unspecified atom stereocenters. The summed E-state index contributed by atoms with van der Waals surface area (Å²) in [6, 6.07) is 3.80. The van der Waals surface area contributed by atoms with Crippen LogP contribution in [0, 0.1) is 23.7 Å². The second-order valence-corrected chi connectivity index (χ2v) is 7.13. The van der Waals surface area contributed by atoms with Crippen molar-refractivity contribution in [3.8, 4) is 23.7 Å². The molecular formula is C22H21F2N5O4. The fourth-order valence-electron chi connectivity index (χ4n) is 2.80. The minimum atomic E-state index is -3.24. The molecule has 0 bridgehead atoms. The van der Waals surface area contributed by atoms with E-state index in [0.717, 1.165) is 13.8 Å². The molecule has 9 nitrogen and oxygen atoms in total. The number of hydrogen-bond acceptors (Lipinski definition) is 5. The van der Waals surface area contributed by atoms with Crippen LogP contribution in [0.3, 0.4) is 0 Å². The van der Waals surface area contributed by atoms with Gasteiger partial charge in [0.25, 0.3) is 18.2 Å². The van der Waals surface area contributed by atoms with E-state index in [9.17, 15) is 23.2 Å². The van der Waals surface area contributed by atoms with Gasteiger partial charge in [0, 0.05) is 31.3 Å². The number of rotatable bonds is 6. The van der Waals surface area contributed by atoms with Gasteiger partial charge < -0.3 is 10.6 Å². The van der Waals surface area contributed by atoms with Crippen LogP contribution in [0.5, 0.6) is 0 Å². The van der Waals surface area contributed by atoms with Gasteiger partial charge in [-0.1, -0.05) is 5.92 Å². The van der Waals surface area contributed by atoms with Crippen LogP contribution in [-0.4, -0.2) is 50.7 Å². The predicted octanol–water partition coefficient (Wildman–Crippen LogP) is 0.587. The minimum absolute atomic E-state index is 0.0391. The van der Waals surface area contributed by atoms with Crippen molar-refractivity contribution in [3.63, 3.8) is 0 Å². The number of hydrogen-bond donors (Lipinski definition) is 4. The van der Waals surface area contributed by atoms with Gasteiger partial charge in [0.1, 0.15) is 11.6 Å². The van der Waals surface area contributed by atoms with Gasteiger partial charge in [-0.2, -0.15) is 5.10 Å². The smallest absolute Gasteiger partial charge is 0.268 e. The van der Waals surface area contributed by atoms with Crippen molar-refractivity contribution in [1.29, 1.82) is 0 Å². The van der Waals surface area contributed by atoms with Crippen molar-refractivity contribution >= 4 is 17.7 Å². The van der Waals surface area contributed by atoms with Crippen molar-refractivity contribution in [2.45, 2.75) is 31.9 Å². The van der Waals surface area contributed by atoms with Crippen LogP contribution in [0.2, 0.25) is 0 Å². The molecule has 0 saturated carbocycles. The number of nitrogens with one attached hydrogen (secondary N) is 3. The molecule has 0 aliphatic carbocycles. The lowest BCUT2D eigenvalue weighted by atomic mass is 9.91. The van der Waals surface area contributed by atoms with Gasteiger partial charge in [0.2, 0.25) is 5.91 Å². The second kappa shape index (κ2) is 10.9. The average molecular weight is 457 g/mol. The van der Waals surface area contributed by atoms with Gasteiger partial charge in [0.15, 0.2) is 0 Å². The highest BCUT2D eigenvalue weighted by molar-refractivity contribution is 5.98. The van der Waals surface area contributed by atoms with Gasteiger partial charge in [-0.3, -0.25) is 24.3 Å². The summed E-state index contributed by atoms with van der Waals surface area (Å²) in [6.07, 6.45) is 0.0868. The Hall–Kier alpha value is -4.22. The lowest BCUT2D eigenvalue weighted by Gasteiger charge is -2.36. The molecule has 0 aliphatic rings. The Morgan fingerprint density at radius 3 is 2.21 bits per heavy atom. The van der Waals surface area contributed by atoms with Crippen LogP contribution in [0.4, 0.5) is 8.78 Å². The van der Waals surface area contributed by atoms with Crippen LogP contribution in [0.1, 0.15) is 35.3 Å². The van der Waals surface area contributed by atoms with Crippen LogP contribution < -0.4 is 16.1 Å². The van der Waals surface area contributed by atoms with E-state index in [1.165, 1.54) is 29.7 Å². The molecule has 0 saturated heterocycles. The highest BCUT2D eigenvalue weighted by atomic mass is 19.3. The third kappa shape index (κ3) is 6.63. The summed E-state index contributed by atoms with van der Waals surface area (Å²) in [6.45, 7) is 1.86. The lowest BCUT2D eigenvalue weighted by molar-refractivity contribution is -0.137. The summed E-state index contributed by atoms with van der Waals surface area (Å²) in [4.78, 5) is 36.0. The van der Waals surface area contributed by atoms with Gasteiger partial charge in [-0.25, -0.2) is 14.3 Å². The lowest BCUT2D eigenvalue weighted by Crippen LogP contribution is -2.68. The maximum absolute atomic E-state index is 13.7. The first kappa shape index (κ1) is 25.0. The van der Waals surface area contributed by atoms with E-state index in [-0.39, 0.29) is 5.56 Å². The molecule has 1 aromatic carbocycles. The number of amides is 3. The maximum atomic E-state index is 13.7. The third-order valence-corrected chi connectivity index (χ3v) is 4.47. The quantitative estimate of drug-likeness (QED) is 0.287. The number of aromatic nitrogens is 2. The van der Waals surface area contributed by atoms with E-state index in [4.69, 9.17) is 5.21 Å². The fourth-order valence-corrected chi connectivity index (χ4v) is 2.80. The first-order valence-corrected chi connectivity index (χ1v) is 9.49. The maximum Gasteiger partial charge on any atom is 0.268 e. The number of alkyl halides is 2. The molecule has 1 aromatic heterocycles. The molecule has 2 rings (SSSR count). The van der Waals surface area contributed by atoms with Gasteiger partial charge >= 0.3 is 0 Å². The molecule has 4 N–H and O–H groups in total. The molecule has 0 aliphatic heterocycles. The number of nitrogens with zero attached hydrogens (tertiary/aromatic N) is 2. The Morgan fingerprint density at radius 2 is 1.73 bits per heavy atom. The zero-order chi connectivity index (χ0) is 24.6. The number of halogens is 2. The van der Waals surface area contributed by atoms with Crippen LogP contribution >= 0.6 is 0 Å². The largest absolute Gasteiger partial charge is 0.343 e. The molecule has 3 amide bonds. The summed E-state index contributed by atoms with van der Waals surface area (Å²) >= 11 is 0. The standard InChI is InChI=1S/C22H21F2N5O4/c1-14(30)27-22(2,21(23)24)18(20(32)28-33)26-19(31)17-10-8-15(9-11-17)6-4-5-7-16-12-25-29(3)13-16/h8-13,18,21,33H,1-3H3,(H,26,31)(H,27,30)(H,28,32)/t18-,22?/m1/s1. The highest BCUT2D eigenvalue weighted by Crippen LogP contribution is 2.21. The SMILES string of the molecule is CC(=O)NC(C)(C(F)F)[C@H](NC(=O)c1ccc(C#CC#Cc2cnn(C)c2)cc1)C(=O)NO. The Kier molecular flexibility index (Phi) is 8.26. The van der Waals surface area contributed by atoms with E-state index in [0.29, 0.717) is 11.1 Å². The van der Waals surface area contributed by atoms with Crippen molar-refractivity contribution in [3.05, 3.63) is 53.3 Å². The van der Waals surface area contributed by atoms with Crippen LogP contribution in [0.15, 0.2) is 36.7 Å². The second-order valence-electron chi connectivity index (χ2n) is 7.13. The normalized spacial score (nSPS) is 12.8. The molecule has 11 heteroatoms. The molecule has 0 radical (unpaired) electrons. The number of hydroxylamine groups is 1. The van der Waals surface area contributed by atoms with E-state index < -0.39 is 35.7 Å². The Morgan fingerprint density at radius 1 is 1.12 bits per heavy atom. The van der Waals surface area contributed by atoms with Crippen molar-refractivity contribution in [2.24, 2.45) is 7.05 Å². The monoisotopic (exact) mass is 457 g/mol. The minimum Gasteiger partial charge on any atom is -0.343 e. The summed E-state index contributed by atoms with van der Waals surface area (Å²) in [5.74, 6) is 7.89. The van der Waals surface area contributed by atoms with Crippen molar-refractivity contribution in [2.75, 3.05) is 0 Å². The molecule has 0 fully saturated rings. The Labute approximate surface area is 188 Å². The number of carbonyl (C=O) groups excluding carboxylic acids is 3. The van der Waals surface area contributed by atoms with Crippen molar-refractivity contribution < 1.29 is 28.4 Å².